The number of benzene rings is 1. The van der Waals surface area contributed by atoms with Gasteiger partial charge in [0.15, 0.2) is 17.2 Å². The predicted molar refractivity (Wildman–Crippen MR) is 166 cm³/mol. The zero-order valence-corrected chi connectivity index (χ0v) is 27.3. The molecular formula is C34H47F5N3O5+. The van der Waals surface area contributed by atoms with Crippen molar-refractivity contribution in [2.75, 3.05) is 6.61 Å². The van der Waals surface area contributed by atoms with Crippen LogP contribution in [0.4, 0.5) is 22.0 Å². The average molecular weight is 673 g/mol. The Balaban J connectivity index is 1.72. The lowest BCUT2D eigenvalue weighted by Gasteiger charge is -2.32. The fourth-order valence-electron chi connectivity index (χ4n) is 6.15. The van der Waals surface area contributed by atoms with Crippen LogP contribution in [-0.4, -0.2) is 47.1 Å². The van der Waals surface area contributed by atoms with Gasteiger partial charge in [-0.2, -0.15) is 17.6 Å². The smallest absolute Gasteiger partial charge is 0.417 e. The monoisotopic (exact) mass is 672 g/mol. The third kappa shape index (κ3) is 9.61. The molecule has 1 fully saturated rings. The molecule has 5 atom stereocenters. The van der Waals surface area contributed by atoms with Gasteiger partial charge in [-0.15, -0.1) is 0 Å². The standard InChI is InChI=1S/C34H46F5N3O5/c1-4-5-6-7-8-9-10-11-12-13-14-15-20-46-29-24(16-17-25(35)28(29)36)27-22(2)33(3,34(37,38)39)47-30(27)32(44)41-23-18-19-42(45)26(21-23)31(40)43/h16-19,21-22,26-27,30H,4-15,20H2,1-3H3,(H2-,40,41,43,44)/p+1/t22-,26?,27-,30+,33-/m1/s1. The predicted octanol–water partition coefficient (Wildman–Crippen LogP) is 7.64. The van der Waals surface area contributed by atoms with Gasteiger partial charge < -0.3 is 20.5 Å². The molecule has 1 aromatic carbocycles. The summed E-state index contributed by atoms with van der Waals surface area (Å²) in [5.41, 5.74) is 2.17. The molecule has 3 N–H and O–H groups in total. The number of hydrogen-bond donors (Lipinski definition) is 2. The van der Waals surface area contributed by atoms with Crippen LogP contribution in [0.1, 0.15) is 109 Å². The van der Waals surface area contributed by atoms with Crippen LogP contribution in [0.3, 0.4) is 0 Å². The maximum absolute atomic E-state index is 15.2. The van der Waals surface area contributed by atoms with Crippen LogP contribution in [0.15, 0.2) is 36.2 Å². The fraction of sp³-hybridized carbons (Fsp3) is 0.647. The molecule has 8 nitrogen and oxygen atoms in total. The van der Waals surface area contributed by atoms with Crippen LogP contribution in [0.2, 0.25) is 0 Å². The number of primary amides is 1. The molecular weight excluding hydrogens is 625 g/mol. The highest BCUT2D eigenvalue weighted by atomic mass is 19.4. The largest absolute Gasteiger partial charge is 0.490 e. The van der Waals surface area contributed by atoms with E-state index in [0.717, 1.165) is 63.1 Å². The molecule has 2 heterocycles. The highest BCUT2D eigenvalue weighted by Crippen LogP contribution is 2.55. The number of amides is 2. The minimum atomic E-state index is -4.93. The Kier molecular flexibility index (Phi) is 13.9. The molecule has 262 valence electrons. The maximum atomic E-state index is 15.2. The molecule has 1 saturated heterocycles. The third-order valence-corrected chi connectivity index (χ3v) is 9.18. The molecule has 0 bridgehead atoms. The number of carbonyl (C=O) groups is 2. The minimum Gasteiger partial charge on any atom is -0.490 e. The van der Waals surface area contributed by atoms with Gasteiger partial charge in [-0.25, -0.2) is 4.39 Å². The first-order valence-electron chi connectivity index (χ1n) is 16.5. The number of alkyl halides is 3. The summed E-state index contributed by atoms with van der Waals surface area (Å²) in [5, 5.41) is 2.38. The Morgan fingerprint density at radius 3 is 2.13 bits per heavy atom. The van der Waals surface area contributed by atoms with Crippen molar-refractivity contribution in [3.05, 3.63) is 58.3 Å². The number of nitrogens with two attached hydrogens (primary N) is 1. The van der Waals surface area contributed by atoms with E-state index >= 15 is 4.39 Å². The lowest BCUT2D eigenvalue weighted by molar-refractivity contribution is -0.495. The molecule has 2 aliphatic heterocycles. The number of allylic oxidation sites excluding steroid dienone is 1. The van der Waals surface area contributed by atoms with E-state index in [1.807, 2.05) is 0 Å². The number of unbranched alkanes of at least 4 members (excludes halogenated alkanes) is 11. The van der Waals surface area contributed by atoms with Crippen molar-refractivity contribution >= 4 is 11.8 Å². The first-order valence-corrected chi connectivity index (χ1v) is 16.5. The van der Waals surface area contributed by atoms with Crippen LogP contribution in [0, 0.1) is 22.5 Å². The number of carbonyl (C=O) groups excluding carboxylic acids is 2. The average Bonchev–Trinajstić information content (AvgIpc) is 3.29. The summed E-state index contributed by atoms with van der Waals surface area (Å²) in [7, 11) is 0. The fourth-order valence-corrected chi connectivity index (χ4v) is 6.15. The van der Waals surface area contributed by atoms with Crippen molar-refractivity contribution < 1.29 is 45.8 Å². The molecule has 0 aliphatic carbocycles. The molecule has 47 heavy (non-hydrogen) atoms. The van der Waals surface area contributed by atoms with Crippen molar-refractivity contribution in [1.82, 2.24) is 5.32 Å². The number of hydrogen-bond acceptors (Lipinski definition) is 5. The second-order valence-electron chi connectivity index (χ2n) is 12.6. The maximum Gasteiger partial charge on any atom is 0.417 e. The Bertz CT molecular complexity index is 1320. The van der Waals surface area contributed by atoms with Crippen LogP contribution in [0.25, 0.3) is 0 Å². The van der Waals surface area contributed by atoms with Gasteiger partial charge in [0.05, 0.1) is 12.3 Å². The normalized spacial score (nSPS) is 24.3. The van der Waals surface area contributed by atoms with E-state index < -0.39 is 65.0 Å². The number of rotatable bonds is 18. The van der Waals surface area contributed by atoms with Gasteiger partial charge in [-0.05, 0) is 19.4 Å². The van der Waals surface area contributed by atoms with E-state index in [4.69, 9.17) is 15.2 Å². The zero-order valence-electron chi connectivity index (χ0n) is 27.3. The van der Waals surface area contributed by atoms with Gasteiger partial charge in [-0.3, -0.25) is 9.59 Å². The Morgan fingerprint density at radius 2 is 1.57 bits per heavy atom. The quantitative estimate of drug-likeness (QED) is 0.0946. The van der Waals surface area contributed by atoms with E-state index in [-0.39, 0.29) is 22.6 Å². The van der Waals surface area contributed by atoms with Crippen molar-refractivity contribution in [2.45, 2.75) is 128 Å². The van der Waals surface area contributed by atoms with Crippen LogP contribution in [-0.2, 0) is 14.3 Å². The first kappa shape index (κ1) is 38.1. The summed E-state index contributed by atoms with van der Waals surface area (Å²) in [5.74, 6) is -8.10. The summed E-state index contributed by atoms with van der Waals surface area (Å²) in [6.07, 6.45) is 9.41. The van der Waals surface area contributed by atoms with Gasteiger partial charge in [0, 0.05) is 39.2 Å². The second-order valence-corrected chi connectivity index (χ2v) is 12.6. The van der Waals surface area contributed by atoms with E-state index in [2.05, 4.69) is 12.2 Å². The van der Waals surface area contributed by atoms with Gasteiger partial charge in [0.25, 0.3) is 11.8 Å². The topological polar surface area (TPSA) is 111 Å². The van der Waals surface area contributed by atoms with Crippen LogP contribution < -0.4 is 15.8 Å². The summed E-state index contributed by atoms with van der Waals surface area (Å²) >= 11 is 0. The van der Waals surface area contributed by atoms with E-state index in [1.54, 1.807) is 0 Å². The van der Waals surface area contributed by atoms with Gasteiger partial charge in [0.2, 0.25) is 12.0 Å². The Labute approximate surface area is 272 Å². The van der Waals surface area contributed by atoms with Crippen molar-refractivity contribution in [3.8, 4) is 5.75 Å². The third-order valence-electron chi connectivity index (χ3n) is 9.18. The second kappa shape index (κ2) is 17.2. The molecule has 0 spiro atoms. The number of halogens is 5. The Morgan fingerprint density at radius 1 is 1.00 bits per heavy atom. The van der Waals surface area contributed by atoms with E-state index in [0.29, 0.717) is 6.42 Å². The highest BCUT2D eigenvalue weighted by Gasteiger charge is 2.66. The van der Waals surface area contributed by atoms with Crippen LogP contribution >= 0.6 is 0 Å². The van der Waals surface area contributed by atoms with Gasteiger partial charge in [0.1, 0.15) is 6.10 Å². The molecule has 2 amide bonds. The van der Waals surface area contributed by atoms with Crippen molar-refractivity contribution in [1.29, 1.82) is 0 Å². The van der Waals surface area contributed by atoms with Crippen molar-refractivity contribution in [3.63, 3.8) is 0 Å². The molecule has 0 radical (unpaired) electrons. The van der Waals surface area contributed by atoms with Gasteiger partial charge in [-0.1, -0.05) is 90.5 Å². The lowest BCUT2D eigenvalue weighted by Crippen LogP contribution is -2.47. The number of nitroso groups, excluding NO2 is 1. The summed E-state index contributed by atoms with van der Waals surface area (Å²) < 4.78 is 84.0. The van der Waals surface area contributed by atoms with E-state index in [9.17, 15) is 32.1 Å². The molecule has 3 rings (SSSR count). The molecule has 0 saturated carbocycles. The summed E-state index contributed by atoms with van der Waals surface area (Å²) in [6.45, 7) is 4.21. The SMILES string of the molecule is CCCCCCCCCCCCCCOc1c([C@@H]2[C@@H](C(=O)NC3=CC(C(N)=O)[N+](=O)C=C3)O[C@@](C)(C(F)(F)F)[C@@H]2C)ccc(F)c1F. The number of nitrogens with zero attached hydrogens (tertiary/aromatic N) is 1. The minimum absolute atomic E-state index is 0.00194. The van der Waals surface area contributed by atoms with E-state index in [1.165, 1.54) is 51.9 Å². The first-order chi connectivity index (χ1) is 22.2. The highest BCUT2D eigenvalue weighted by molar-refractivity contribution is 5.86. The molecule has 0 aromatic heterocycles. The van der Waals surface area contributed by atoms with Crippen molar-refractivity contribution in [2.24, 2.45) is 11.7 Å². The Hall–Kier alpha value is -3.35. The molecule has 1 aromatic rings. The summed E-state index contributed by atoms with van der Waals surface area (Å²) in [6, 6.07) is 0.432. The molecule has 13 heteroatoms. The van der Waals surface area contributed by atoms with Crippen LogP contribution in [0.5, 0.6) is 5.75 Å². The molecule has 1 unspecified atom stereocenters. The molecule has 2 aliphatic rings. The zero-order chi connectivity index (χ0) is 34.8. The summed E-state index contributed by atoms with van der Waals surface area (Å²) in [4.78, 5) is 37.0. The van der Waals surface area contributed by atoms with Gasteiger partial charge >= 0.3 is 12.2 Å². The number of nitrogens with one attached hydrogen (secondary N) is 1. The lowest BCUT2D eigenvalue weighted by atomic mass is 9.77. The number of ether oxygens (including phenoxy) is 2.